The van der Waals surface area contributed by atoms with Gasteiger partial charge in [0, 0.05) is 30.8 Å². The van der Waals surface area contributed by atoms with Crippen molar-refractivity contribution < 1.29 is 4.52 Å². The van der Waals surface area contributed by atoms with Crippen LogP contribution in [0.2, 0.25) is 0 Å². The highest BCUT2D eigenvalue weighted by Crippen LogP contribution is 2.33. The standard InChI is InChI=1S/C17H24N4O/c1-12-10-14(22-20-12)13-11-18-16(19-15(13)17(2,3)4)21-8-6-5-7-9-21/h10-11H,5-9H2,1-4H3. The molecular weight excluding hydrogens is 276 g/mol. The Morgan fingerprint density at radius 1 is 1.14 bits per heavy atom. The quantitative estimate of drug-likeness (QED) is 0.846. The summed E-state index contributed by atoms with van der Waals surface area (Å²) in [6.45, 7) is 10.5. The third-order valence-corrected chi connectivity index (χ3v) is 4.02. The maximum Gasteiger partial charge on any atom is 0.225 e. The van der Waals surface area contributed by atoms with E-state index in [1.54, 1.807) is 0 Å². The van der Waals surface area contributed by atoms with Crippen LogP contribution in [-0.2, 0) is 5.41 Å². The first-order valence-electron chi connectivity index (χ1n) is 8.01. The fourth-order valence-corrected chi connectivity index (χ4v) is 2.86. The minimum absolute atomic E-state index is 0.0799. The summed E-state index contributed by atoms with van der Waals surface area (Å²) in [4.78, 5) is 11.8. The van der Waals surface area contributed by atoms with Gasteiger partial charge < -0.3 is 9.42 Å². The number of rotatable bonds is 2. The first-order chi connectivity index (χ1) is 10.4. The fourth-order valence-electron chi connectivity index (χ4n) is 2.86. The van der Waals surface area contributed by atoms with E-state index in [1.807, 2.05) is 19.2 Å². The number of hydrogen-bond acceptors (Lipinski definition) is 5. The summed E-state index contributed by atoms with van der Waals surface area (Å²) in [6, 6.07) is 1.94. The van der Waals surface area contributed by atoms with Crippen molar-refractivity contribution in [2.24, 2.45) is 0 Å². The lowest BCUT2D eigenvalue weighted by Crippen LogP contribution is -2.32. The SMILES string of the molecule is Cc1cc(-c2cnc(N3CCCCC3)nc2C(C)(C)C)on1. The lowest BCUT2D eigenvalue weighted by Gasteiger charge is -2.28. The largest absolute Gasteiger partial charge is 0.356 e. The third kappa shape index (κ3) is 2.98. The summed E-state index contributed by atoms with van der Waals surface area (Å²) in [5, 5.41) is 3.99. The highest BCUT2D eigenvalue weighted by molar-refractivity contribution is 5.62. The van der Waals surface area contributed by atoms with Crippen molar-refractivity contribution in [2.75, 3.05) is 18.0 Å². The van der Waals surface area contributed by atoms with Crippen LogP contribution in [0, 0.1) is 6.92 Å². The second-order valence-electron chi connectivity index (χ2n) is 7.06. The molecule has 0 radical (unpaired) electrons. The molecule has 0 spiro atoms. The topological polar surface area (TPSA) is 55.1 Å². The summed E-state index contributed by atoms with van der Waals surface area (Å²) in [5.74, 6) is 1.58. The zero-order valence-electron chi connectivity index (χ0n) is 13.9. The average molecular weight is 300 g/mol. The lowest BCUT2D eigenvalue weighted by atomic mass is 9.88. The van der Waals surface area contributed by atoms with Crippen LogP contribution in [0.1, 0.15) is 51.4 Å². The molecule has 118 valence electrons. The maximum absolute atomic E-state index is 5.43. The van der Waals surface area contributed by atoms with Crippen LogP contribution < -0.4 is 4.90 Å². The van der Waals surface area contributed by atoms with Gasteiger partial charge in [0.1, 0.15) is 0 Å². The van der Waals surface area contributed by atoms with E-state index in [-0.39, 0.29) is 5.41 Å². The second kappa shape index (κ2) is 5.71. The van der Waals surface area contributed by atoms with Gasteiger partial charge >= 0.3 is 0 Å². The number of nitrogens with zero attached hydrogens (tertiary/aromatic N) is 4. The van der Waals surface area contributed by atoms with Gasteiger partial charge in [-0.25, -0.2) is 9.97 Å². The zero-order valence-corrected chi connectivity index (χ0v) is 13.9. The van der Waals surface area contributed by atoms with E-state index >= 15 is 0 Å². The van der Waals surface area contributed by atoms with Crippen LogP contribution >= 0.6 is 0 Å². The van der Waals surface area contributed by atoms with Gasteiger partial charge in [-0.3, -0.25) is 0 Å². The molecule has 0 saturated carbocycles. The Labute approximate surface area is 131 Å². The van der Waals surface area contributed by atoms with Gasteiger partial charge in [0.15, 0.2) is 5.76 Å². The zero-order chi connectivity index (χ0) is 15.7. The lowest BCUT2D eigenvalue weighted by molar-refractivity contribution is 0.425. The molecule has 1 aliphatic heterocycles. The minimum atomic E-state index is -0.0799. The third-order valence-electron chi connectivity index (χ3n) is 4.02. The first kappa shape index (κ1) is 15.0. The molecule has 1 saturated heterocycles. The first-order valence-corrected chi connectivity index (χ1v) is 8.01. The number of hydrogen-bond donors (Lipinski definition) is 0. The predicted molar refractivity (Wildman–Crippen MR) is 87.0 cm³/mol. The smallest absolute Gasteiger partial charge is 0.225 e. The molecule has 1 aliphatic rings. The summed E-state index contributed by atoms with van der Waals surface area (Å²) >= 11 is 0. The molecule has 3 heterocycles. The van der Waals surface area contributed by atoms with Crippen molar-refractivity contribution in [1.29, 1.82) is 0 Å². The van der Waals surface area contributed by atoms with Crippen molar-refractivity contribution in [1.82, 2.24) is 15.1 Å². The fraction of sp³-hybridized carbons (Fsp3) is 0.588. The van der Waals surface area contributed by atoms with Gasteiger partial charge in [-0.2, -0.15) is 0 Å². The molecule has 0 bridgehead atoms. The van der Waals surface area contributed by atoms with Crippen molar-refractivity contribution >= 4 is 5.95 Å². The number of aryl methyl sites for hydroxylation is 1. The molecule has 0 aliphatic carbocycles. The minimum Gasteiger partial charge on any atom is -0.356 e. The normalized spacial score (nSPS) is 16.1. The molecule has 1 fully saturated rings. The van der Waals surface area contributed by atoms with Gasteiger partial charge in [0.2, 0.25) is 5.95 Å². The Kier molecular flexibility index (Phi) is 3.89. The van der Waals surface area contributed by atoms with E-state index in [4.69, 9.17) is 9.51 Å². The van der Waals surface area contributed by atoms with Crippen molar-refractivity contribution in [3.8, 4) is 11.3 Å². The molecule has 3 rings (SSSR count). The van der Waals surface area contributed by atoms with Gasteiger partial charge in [-0.1, -0.05) is 25.9 Å². The van der Waals surface area contributed by atoms with E-state index in [0.717, 1.165) is 41.7 Å². The summed E-state index contributed by atoms with van der Waals surface area (Å²) in [7, 11) is 0. The number of piperidine rings is 1. The van der Waals surface area contributed by atoms with E-state index < -0.39 is 0 Å². The Hall–Kier alpha value is -1.91. The van der Waals surface area contributed by atoms with Crippen molar-refractivity contribution in [2.45, 2.75) is 52.4 Å². The molecule has 5 heteroatoms. The average Bonchev–Trinajstić information content (AvgIpc) is 2.93. The van der Waals surface area contributed by atoms with Crippen LogP contribution in [-0.4, -0.2) is 28.2 Å². The van der Waals surface area contributed by atoms with Gasteiger partial charge in [-0.15, -0.1) is 0 Å². The van der Waals surface area contributed by atoms with Crippen LogP contribution in [0.15, 0.2) is 16.8 Å². The summed E-state index contributed by atoms with van der Waals surface area (Å²) in [6.07, 6.45) is 5.63. The van der Waals surface area contributed by atoms with E-state index in [2.05, 4.69) is 35.8 Å². The van der Waals surface area contributed by atoms with Crippen LogP contribution in [0.25, 0.3) is 11.3 Å². The van der Waals surface area contributed by atoms with Crippen molar-refractivity contribution in [3.05, 3.63) is 23.7 Å². The summed E-state index contributed by atoms with van der Waals surface area (Å²) in [5.41, 5.74) is 2.74. The predicted octanol–water partition coefficient (Wildman–Crippen LogP) is 3.73. The molecule has 2 aromatic heterocycles. The molecule has 0 unspecified atom stereocenters. The number of aromatic nitrogens is 3. The maximum atomic E-state index is 5.43. The molecule has 0 aromatic carbocycles. The summed E-state index contributed by atoms with van der Waals surface area (Å²) < 4.78 is 5.43. The molecule has 0 atom stereocenters. The van der Waals surface area contributed by atoms with Crippen molar-refractivity contribution in [3.63, 3.8) is 0 Å². The van der Waals surface area contributed by atoms with E-state index in [1.165, 1.54) is 19.3 Å². The van der Waals surface area contributed by atoms with E-state index in [0.29, 0.717) is 0 Å². The van der Waals surface area contributed by atoms with Gasteiger partial charge in [-0.05, 0) is 26.2 Å². The monoisotopic (exact) mass is 300 g/mol. The Bertz CT molecular complexity index is 651. The van der Waals surface area contributed by atoms with Gasteiger partial charge in [0.05, 0.1) is 17.0 Å². The highest BCUT2D eigenvalue weighted by Gasteiger charge is 2.25. The highest BCUT2D eigenvalue weighted by atomic mass is 16.5. The van der Waals surface area contributed by atoms with Crippen LogP contribution in [0.3, 0.4) is 0 Å². The molecule has 0 N–H and O–H groups in total. The Morgan fingerprint density at radius 3 is 2.45 bits per heavy atom. The Morgan fingerprint density at radius 2 is 1.86 bits per heavy atom. The molecular formula is C17H24N4O. The number of anilines is 1. The Balaban J connectivity index is 2.03. The molecule has 0 amide bonds. The second-order valence-corrected chi connectivity index (χ2v) is 7.06. The van der Waals surface area contributed by atoms with E-state index in [9.17, 15) is 0 Å². The molecule has 2 aromatic rings. The van der Waals surface area contributed by atoms with Crippen LogP contribution in [0.5, 0.6) is 0 Å². The van der Waals surface area contributed by atoms with Crippen LogP contribution in [0.4, 0.5) is 5.95 Å². The molecule has 5 nitrogen and oxygen atoms in total. The van der Waals surface area contributed by atoms with Gasteiger partial charge in [0.25, 0.3) is 0 Å². The molecule has 22 heavy (non-hydrogen) atoms.